The van der Waals surface area contributed by atoms with Crippen LogP contribution >= 0.6 is 0 Å². The van der Waals surface area contributed by atoms with Crippen molar-refractivity contribution in [1.82, 2.24) is 10.6 Å². The van der Waals surface area contributed by atoms with Gasteiger partial charge in [0.1, 0.15) is 0 Å². The second-order valence-electron chi connectivity index (χ2n) is 5.44. The summed E-state index contributed by atoms with van der Waals surface area (Å²) < 4.78 is 0. The van der Waals surface area contributed by atoms with E-state index in [2.05, 4.69) is 10.6 Å². The molecule has 1 atom stereocenters. The Kier molecular flexibility index (Phi) is 7.48. The van der Waals surface area contributed by atoms with E-state index in [1.165, 1.54) is 0 Å². The van der Waals surface area contributed by atoms with Gasteiger partial charge in [-0.05, 0) is 25.2 Å². The molecular formula is C14H26N2O3. The number of carbonyl (C=O) groups excluding carboxylic acids is 2. The molecule has 0 aromatic carbocycles. The largest absolute Gasteiger partial charge is 0.396 e. The quantitative estimate of drug-likeness (QED) is 0.611. The standard InChI is InChI=1S/C14H26N2O3/c1-11(7-9-17)10-16-13(18)6-8-15-14(19)12-4-2-3-5-12/h11-12,17H,2-10H2,1H3,(H,15,19)(H,16,18). The highest BCUT2D eigenvalue weighted by atomic mass is 16.3. The number of aliphatic hydroxyl groups excluding tert-OH is 1. The fraction of sp³-hybridized carbons (Fsp3) is 0.857. The molecule has 1 saturated carbocycles. The average molecular weight is 270 g/mol. The normalized spacial score (nSPS) is 17.2. The van der Waals surface area contributed by atoms with E-state index in [0.717, 1.165) is 25.7 Å². The number of hydrogen-bond acceptors (Lipinski definition) is 3. The maximum Gasteiger partial charge on any atom is 0.223 e. The van der Waals surface area contributed by atoms with Crippen molar-refractivity contribution in [2.75, 3.05) is 19.7 Å². The van der Waals surface area contributed by atoms with Crippen LogP contribution in [0.5, 0.6) is 0 Å². The number of rotatable bonds is 8. The summed E-state index contributed by atoms with van der Waals surface area (Å²) in [6, 6.07) is 0. The van der Waals surface area contributed by atoms with E-state index in [1.54, 1.807) is 0 Å². The van der Waals surface area contributed by atoms with Crippen LogP contribution in [0.1, 0.15) is 45.4 Å². The van der Waals surface area contributed by atoms with Gasteiger partial charge >= 0.3 is 0 Å². The van der Waals surface area contributed by atoms with Gasteiger partial charge in [-0.15, -0.1) is 0 Å². The van der Waals surface area contributed by atoms with Gasteiger partial charge in [-0.1, -0.05) is 19.8 Å². The molecule has 5 heteroatoms. The van der Waals surface area contributed by atoms with Gasteiger partial charge in [0.15, 0.2) is 0 Å². The van der Waals surface area contributed by atoms with Gasteiger partial charge in [0.05, 0.1) is 0 Å². The summed E-state index contributed by atoms with van der Waals surface area (Å²) in [5, 5.41) is 14.4. The van der Waals surface area contributed by atoms with Crippen molar-refractivity contribution in [3.8, 4) is 0 Å². The summed E-state index contributed by atoms with van der Waals surface area (Å²) in [5.74, 6) is 0.491. The highest BCUT2D eigenvalue weighted by Crippen LogP contribution is 2.24. The Morgan fingerprint density at radius 1 is 1.26 bits per heavy atom. The highest BCUT2D eigenvalue weighted by Gasteiger charge is 2.22. The molecule has 0 radical (unpaired) electrons. The van der Waals surface area contributed by atoms with Crippen LogP contribution in [0.3, 0.4) is 0 Å². The third-order valence-electron chi connectivity index (χ3n) is 3.65. The van der Waals surface area contributed by atoms with Crippen molar-refractivity contribution < 1.29 is 14.7 Å². The van der Waals surface area contributed by atoms with E-state index >= 15 is 0 Å². The molecule has 1 aliphatic rings. The summed E-state index contributed by atoms with van der Waals surface area (Å²) in [6.07, 6.45) is 5.26. The second-order valence-corrected chi connectivity index (χ2v) is 5.44. The fourth-order valence-electron chi connectivity index (χ4n) is 2.33. The summed E-state index contributed by atoms with van der Waals surface area (Å²) in [6.45, 7) is 3.12. The first-order chi connectivity index (χ1) is 9.13. The molecule has 0 saturated heterocycles. The average Bonchev–Trinajstić information content (AvgIpc) is 2.90. The van der Waals surface area contributed by atoms with Crippen molar-refractivity contribution in [2.45, 2.75) is 45.4 Å². The number of hydrogen-bond donors (Lipinski definition) is 3. The summed E-state index contributed by atoms with van der Waals surface area (Å²) in [5.41, 5.74) is 0. The molecule has 0 aliphatic heterocycles. The molecule has 0 heterocycles. The minimum Gasteiger partial charge on any atom is -0.396 e. The van der Waals surface area contributed by atoms with Crippen LogP contribution in [0.4, 0.5) is 0 Å². The van der Waals surface area contributed by atoms with Gasteiger partial charge in [0.25, 0.3) is 0 Å². The van der Waals surface area contributed by atoms with Gasteiger partial charge < -0.3 is 15.7 Å². The maximum atomic E-state index is 11.7. The molecule has 1 rings (SSSR count). The van der Waals surface area contributed by atoms with Crippen LogP contribution in [0.15, 0.2) is 0 Å². The van der Waals surface area contributed by atoms with Gasteiger partial charge in [0.2, 0.25) is 11.8 Å². The molecule has 5 nitrogen and oxygen atoms in total. The first-order valence-electron chi connectivity index (χ1n) is 7.28. The number of nitrogens with one attached hydrogen (secondary N) is 2. The Hall–Kier alpha value is -1.10. The van der Waals surface area contributed by atoms with Crippen LogP contribution in [-0.2, 0) is 9.59 Å². The summed E-state index contributed by atoms with van der Waals surface area (Å²) in [7, 11) is 0. The molecule has 0 aromatic heterocycles. The minimum atomic E-state index is -0.0449. The third-order valence-corrected chi connectivity index (χ3v) is 3.65. The van der Waals surface area contributed by atoms with Crippen LogP contribution in [0, 0.1) is 11.8 Å². The van der Waals surface area contributed by atoms with Crippen molar-refractivity contribution in [1.29, 1.82) is 0 Å². The lowest BCUT2D eigenvalue weighted by molar-refractivity contribution is -0.125. The Labute approximate surface area is 115 Å². The van der Waals surface area contributed by atoms with Crippen molar-refractivity contribution >= 4 is 11.8 Å². The fourth-order valence-corrected chi connectivity index (χ4v) is 2.33. The predicted molar refractivity (Wildman–Crippen MR) is 73.5 cm³/mol. The van der Waals surface area contributed by atoms with Crippen LogP contribution < -0.4 is 10.6 Å². The SMILES string of the molecule is CC(CCO)CNC(=O)CCNC(=O)C1CCCC1. The molecule has 2 amide bonds. The Morgan fingerprint density at radius 3 is 2.58 bits per heavy atom. The zero-order valence-corrected chi connectivity index (χ0v) is 11.8. The Balaban J connectivity index is 2.04. The maximum absolute atomic E-state index is 11.7. The zero-order valence-electron chi connectivity index (χ0n) is 11.8. The van der Waals surface area contributed by atoms with Gasteiger partial charge in [-0.25, -0.2) is 0 Å². The third kappa shape index (κ3) is 6.57. The van der Waals surface area contributed by atoms with Crippen molar-refractivity contribution in [3.05, 3.63) is 0 Å². The van der Waals surface area contributed by atoms with Crippen LogP contribution in [0.2, 0.25) is 0 Å². The molecular weight excluding hydrogens is 244 g/mol. The minimum absolute atomic E-state index is 0.0449. The molecule has 1 aliphatic carbocycles. The number of aliphatic hydroxyl groups is 1. The predicted octanol–water partition coefficient (Wildman–Crippen LogP) is 0.818. The van der Waals surface area contributed by atoms with Crippen molar-refractivity contribution in [3.63, 3.8) is 0 Å². The molecule has 110 valence electrons. The van der Waals surface area contributed by atoms with E-state index in [9.17, 15) is 9.59 Å². The molecule has 1 unspecified atom stereocenters. The Bertz CT molecular complexity index is 288. The Morgan fingerprint density at radius 2 is 1.95 bits per heavy atom. The van der Waals surface area contributed by atoms with Gasteiger partial charge in [-0.3, -0.25) is 9.59 Å². The molecule has 3 N–H and O–H groups in total. The van der Waals surface area contributed by atoms with E-state index < -0.39 is 0 Å². The van der Waals surface area contributed by atoms with Crippen LogP contribution in [-0.4, -0.2) is 36.6 Å². The topological polar surface area (TPSA) is 78.4 Å². The summed E-state index contributed by atoms with van der Waals surface area (Å²) in [4.78, 5) is 23.2. The van der Waals surface area contributed by atoms with Gasteiger partial charge in [0, 0.05) is 32.0 Å². The van der Waals surface area contributed by atoms with Crippen LogP contribution in [0.25, 0.3) is 0 Å². The first-order valence-corrected chi connectivity index (χ1v) is 7.28. The van der Waals surface area contributed by atoms with E-state index in [-0.39, 0.29) is 30.3 Å². The van der Waals surface area contributed by atoms with Crippen molar-refractivity contribution in [2.24, 2.45) is 11.8 Å². The zero-order chi connectivity index (χ0) is 14.1. The smallest absolute Gasteiger partial charge is 0.223 e. The molecule has 0 aromatic rings. The van der Waals surface area contributed by atoms with Gasteiger partial charge in [-0.2, -0.15) is 0 Å². The van der Waals surface area contributed by atoms with E-state index in [0.29, 0.717) is 25.9 Å². The monoisotopic (exact) mass is 270 g/mol. The lowest BCUT2D eigenvalue weighted by Gasteiger charge is -2.12. The molecule has 0 spiro atoms. The molecule has 19 heavy (non-hydrogen) atoms. The number of amides is 2. The lowest BCUT2D eigenvalue weighted by Crippen LogP contribution is -2.35. The second kappa shape index (κ2) is 8.91. The molecule has 1 fully saturated rings. The first kappa shape index (κ1) is 16.0. The summed E-state index contributed by atoms with van der Waals surface area (Å²) >= 11 is 0. The van der Waals surface area contributed by atoms with E-state index in [4.69, 9.17) is 5.11 Å². The highest BCUT2D eigenvalue weighted by molar-refractivity contribution is 5.80. The van der Waals surface area contributed by atoms with E-state index in [1.807, 2.05) is 6.92 Å². The number of carbonyl (C=O) groups is 2. The lowest BCUT2D eigenvalue weighted by atomic mass is 10.1. The molecule has 0 bridgehead atoms.